The van der Waals surface area contributed by atoms with Gasteiger partial charge in [-0.05, 0) is 12.1 Å². The summed E-state index contributed by atoms with van der Waals surface area (Å²) < 4.78 is 50.6. The van der Waals surface area contributed by atoms with E-state index >= 15 is 0 Å². The minimum atomic E-state index is -4.38. The monoisotopic (exact) mass is 236 g/mol. The van der Waals surface area contributed by atoms with Crippen LogP contribution in [0.25, 0.3) is 0 Å². The first-order valence-electron chi connectivity index (χ1n) is 3.48. The van der Waals surface area contributed by atoms with Gasteiger partial charge in [0.25, 0.3) is 10.1 Å². The van der Waals surface area contributed by atoms with Crippen LogP contribution in [0.4, 0.5) is 0 Å². The second-order valence-corrected chi connectivity index (χ2v) is 4.81. The van der Waals surface area contributed by atoms with Crippen LogP contribution < -0.4 is 9.05 Å². The van der Waals surface area contributed by atoms with E-state index in [1.807, 2.05) is 0 Å². The predicted molar refractivity (Wildman–Crippen MR) is 46.5 cm³/mol. The highest BCUT2D eigenvalue weighted by Crippen LogP contribution is 2.48. The van der Waals surface area contributed by atoms with Gasteiger partial charge >= 0.3 is 8.25 Å². The third kappa shape index (κ3) is 1.50. The van der Waals surface area contributed by atoms with Crippen LogP contribution >= 0.6 is 8.25 Å². The van der Waals surface area contributed by atoms with Crippen molar-refractivity contribution in [2.75, 3.05) is 0 Å². The minimum absolute atomic E-state index is 0.0593. The molecule has 0 saturated carbocycles. The Kier molecular flexibility index (Phi) is 2.02. The topological polar surface area (TPSA) is 89.9 Å². The average Bonchev–Trinajstić information content (AvgIpc) is 2.41. The fourth-order valence-electron chi connectivity index (χ4n) is 1.07. The quantitative estimate of drug-likeness (QED) is 0.579. The first kappa shape index (κ1) is 9.51. The van der Waals surface area contributed by atoms with E-state index in [1.165, 1.54) is 12.1 Å². The smallest absolute Gasteiger partial charge is 0.414 e. The van der Waals surface area contributed by atoms with Crippen molar-refractivity contribution >= 4 is 18.4 Å². The van der Waals surface area contributed by atoms with Crippen LogP contribution in [0.3, 0.4) is 0 Å². The van der Waals surface area contributed by atoms with Gasteiger partial charge in [0.15, 0.2) is 11.5 Å². The van der Waals surface area contributed by atoms with Gasteiger partial charge in [-0.15, -0.1) is 0 Å². The molecular weight excluding hydrogens is 231 g/mol. The number of para-hydroxylation sites is 1. The molecule has 6 nitrogen and oxygen atoms in total. The third-order valence-electron chi connectivity index (χ3n) is 1.60. The van der Waals surface area contributed by atoms with Crippen molar-refractivity contribution in [1.82, 2.24) is 0 Å². The van der Waals surface area contributed by atoms with Crippen LogP contribution in [0.2, 0.25) is 0 Å². The Morgan fingerprint density at radius 3 is 2.64 bits per heavy atom. The number of rotatable bonds is 1. The van der Waals surface area contributed by atoms with E-state index < -0.39 is 23.3 Å². The third-order valence-corrected chi connectivity index (χ3v) is 3.23. The first-order chi connectivity index (χ1) is 6.48. The molecule has 0 saturated heterocycles. The summed E-state index contributed by atoms with van der Waals surface area (Å²) in [5.41, 5.74) is 0. The van der Waals surface area contributed by atoms with Gasteiger partial charge in [-0.25, -0.2) is 4.57 Å². The Labute approximate surface area is 80.2 Å². The zero-order chi connectivity index (χ0) is 10.3. The van der Waals surface area contributed by atoms with Crippen molar-refractivity contribution in [3.05, 3.63) is 18.2 Å². The lowest BCUT2D eigenvalue weighted by molar-refractivity contribution is 0.456. The maximum Gasteiger partial charge on any atom is 0.419 e. The van der Waals surface area contributed by atoms with Crippen molar-refractivity contribution < 1.29 is 26.6 Å². The zero-order valence-electron chi connectivity index (χ0n) is 6.63. The maximum absolute atomic E-state index is 10.8. The summed E-state index contributed by atoms with van der Waals surface area (Å²) in [5, 5.41) is 0. The van der Waals surface area contributed by atoms with Crippen LogP contribution in [0.15, 0.2) is 23.1 Å². The van der Waals surface area contributed by atoms with Gasteiger partial charge in [-0.2, -0.15) is 8.42 Å². The second kappa shape index (κ2) is 2.98. The molecule has 0 aliphatic carbocycles. The molecule has 1 heterocycles. The lowest BCUT2D eigenvalue weighted by Gasteiger charge is -2.00. The van der Waals surface area contributed by atoms with Crippen LogP contribution in [0, 0.1) is 0 Å². The molecule has 1 aliphatic rings. The van der Waals surface area contributed by atoms with Crippen molar-refractivity contribution in [3.63, 3.8) is 0 Å². The predicted octanol–water partition coefficient (Wildman–Crippen LogP) is 1.09. The average molecular weight is 236 g/mol. The van der Waals surface area contributed by atoms with E-state index in [9.17, 15) is 13.0 Å². The molecule has 14 heavy (non-hydrogen) atoms. The molecule has 76 valence electrons. The number of benzene rings is 1. The van der Waals surface area contributed by atoms with Gasteiger partial charge in [0.2, 0.25) is 0 Å². The van der Waals surface area contributed by atoms with Gasteiger partial charge in [0.05, 0.1) is 0 Å². The highest BCUT2D eigenvalue weighted by molar-refractivity contribution is 7.86. The van der Waals surface area contributed by atoms with E-state index in [-0.39, 0.29) is 11.5 Å². The summed E-state index contributed by atoms with van der Waals surface area (Å²) in [6.07, 6.45) is 0. The molecule has 0 bridgehead atoms. The molecule has 1 aromatic carbocycles. The normalized spacial score (nSPS) is 19.6. The largest absolute Gasteiger partial charge is 0.419 e. The summed E-state index contributed by atoms with van der Waals surface area (Å²) in [6.45, 7) is 0. The highest BCUT2D eigenvalue weighted by atomic mass is 32.2. The molecule has 0 radical (unpaired) electrons. The molecule has 1 aliphatic heterocycles. The van der Waals surface area contributed by atoms with Crippen molar-refractivity contribution in [3.8, 4) is 11.5 Å². The summed E-state index contributed by atoms with van der Waals surface area (Å²) in [7, 11) is -7.10. The highest BCUT2D eigenvalue weighted by Gasteiger charge is 2.28. The summed E-state index contributed by atoms with van der Waals surface area (Å²) in [6, 6.07) is 3.89. The Morgan fingerprint density at radius 2 is 2.00 bits per heavy atom. The van der Waals surface area contributed by atoms with Crippen molar-refractivity contribution in [1.29, 1.82) is 0 Å². The molecule has 0 spiro atoms. The number of hydrogen-bond acceptors (Lipinski definition) is 5. The SMILES string of the molecule is O=[PH]1Oc2cccc(S(=O)(=O)O)c2O1. The molecular formula is C6H5O6PS. The van der Waals surface area contributed by atoms with Crippen molar-refractivity contribution in [2.45, 2.75) is 4.90 Å². The molecule has 0 aromatic heterocycles. The Morgan fingerprint density at radius 1 is 1.29 bits per heavy atom. The van der Waals surface area contributed by atoms with E-state index in [2.05, 4.69) is 4.52 Å². The van der Waals surface area contributed by atoms with Crippen LogP contribution in [-0.4, -0.2) is 13.0 Å². The van der Waals surface area contributed by atoms with Crippen LogP contribution in [-0.2, 0) is 14.7 Å². The van der Waals surface area contributed by atoms with E-state index in [1.54, 1.807) is 0 Å². The van der Waals surface area contributed by atoms with Gasteiger partial charge in [0.1, 0.15) is 4.90 Å². The lowest BCUT2D eigenvalue weighted by Crippen LogP contribution is -1.98. The summed E-state index contributed by atoms with van der Waals surface area (Å²) >= 11 is 0. The maximum atomic E-state index is 10.8. The lowest BCUT2D eigenvalue weighted by atomic mass is 10.3. The molecule has 2 rings (SSSR count). The van der Waals surface area contributed by atoms with E-state index in [0.29, 0.717) is 0 Å². The van der Waals surface area contributed by atoms with E-state index in [0.717, 1.165) is 6.07 Å². The molecule has 1 atom stereocenters. The molecule has 8 heteroatoms. The molecule has 0 fully saturated rings. The minimum Gasteiger partial charge on any atom is -0.414 e. The second-order valence-electron chi connectivity index (χ2n) is 2.51. The fraction of sp³-hybridized carbons (Fsp3) is 0. The summed E-state index contributed by atoms with van der Waals surface area (Å²) in [4.78, 5) is -0.439. The Bertz CT molecular complexity index is 507. The summed E-state index contributed by atoms with van der Waals surface area (Å²) in [5.74, 6) is -0.136. The van der Waals surface area contributed by atoms with E-state index in [4.69, 9.17) is 9.08 Å². The molecule has 1 aromatic rings. The molecule has 1 unspecified atom stereocenters. The first-order valence-corrected chi connectivity index (χ1v) is 6.15. The van der Waals surface area contributed by atoms with Gasteiger partial charge in [0, 0.05) is 0 Å². The molecule has 0 amide bonds. The standard InChI is InChI=1S/C6H5O6PS/c7-13-11-4-2-1-3-5(6(4)12-13)14(8,9)10/h1-3,13H,(H,8,9,10). The fourth-order valence-corrected chi connectivity index (χ4v) is 2.53. The van der Waals surface area contributed by atoms with Crippen LogP contribution in [0.1, 0.15) is 0 Å². The Hall–Kier alpha value is -1.04. The van der Waals surface area contributed by atoms with Gasteiger partial charge < -0.3 is 9.05 Å². The Balaban J connectivity index is 2.67. The van der Waals surface area contributed by atoms with Crippen molar-refractivity contribution in [2.24, 2.45) is 0 Å². The number of fused-ring (bicyclic) bond motifs is 1. The zero-order valence-corrected chi connectivity index (χ0v) is 8.45. The molecule has 1 N–H and O–H groups in total. The van der Waals surface area contributed by atoms with Gasteiger partial charge in [-0.1, -0.05) is 6.07 Å². The van der Waals surface area contributed by atoms with Crippen LogP contribution in [0.5, 0.6) is 11.5 Å². The number of hydrogen-bond donors (Lipinski definition) is 1. The van der Waals surface area contributed by atoms with Gasteiger partial charge in [-0.3, -0.25) is 4.55 Å².